The Hall–Kier alpha value is -0.650. The van der Waals surface area contributed by atoms with E-state index in [0.717, 1.165) is 34.6 Å². The van der Waals surface area contributed by atoms with Crippen molar-refractivity contribution < 1.29 is 14.3 Å². The predicted molar refractivity (Wildman–Crippen MR) is 74.3 cm³/mol. The molecule has 0 radical (unpaired) electrons. The van der Waals surface area contributed by atoms with Gasteiger partial charge in [0.15, 0.2) is 0 Å². The molecule has 1 aliphatic rings. The molecule has 3 nitrogen and oxygen atoms in total. The molecule has 0 amide bonds. The maximum atomic E-state index is 11.8. The van der Waals surface area contributed by atoms with Crippen LogP contribution >= 0.6 is 25.3 Å². The van der Waals surface area contributed by atoms with Gasteiger partial charge in [-0.1, -0.05) is 12.1 Å². The molecule has 1 aromatic rings. The zero-order chi connectivity index (χ0) is 13.0. The Kier molecular flexibility index (Phi) is 4.97. The van der Waals surface area contributed by atoms with E-state index in [0.29, 0.717) is 6.61 Å². The van der Waals surface area contributed by atoms with Crippen LogP contribution in [0.1, 0.15) is 24.8 Å². The van der Waals surface area contributed by atoms with Gasteiger partial charge in [-0.3, -0.25) is 4.79 Å². The third-order valence-electron chi connectivity index (χ3n) is 2.83. The Morgan fingerprint density at radius 2 is 2.22 bits per heavy atom. The standard InChI is InChI=1S/C13H16O3S2/c14-11(16-12-6-1-2-7-15-12)8-9-4-3-5-10(17)13(9)18/h3-5,12,17-18H,1-2,6-8H2. The maximum absolute atomic E-state index is 11.8. The average Bonchev–Trinajstić information content (AvgIpc) is 2.36. The molecule has 0 aliphatic carbocycles. The lowest BCUT2D eigenvalue weighted by atomic mass is 10.1. The summed E-state index contributed by atoms with van der Waals surface area (Å²) in [5.74, 6) is -0.281. The van der Waals surface area contributed by atoms with Gasteiger partial charge < -0.3 is 9.47 Å². The average molecular weight is 284 g/mol. The van der Waals surface area contributed by atoms with E-state index in [9.17, 15) is 4.79 Å². The van der Waals surface area contributed by atoms with E-state index in [4.69, 9.17) is 9.47 Å². The zero-order valence-corrected chi connectivity index (χ0v) is 11.8. The van der Waals surface area contributed by atoms with E-state index in [1.807, 2.05) is 18.2 Å². The lowest BCUT2D eigenvalue weighted by molar-refractivity contribution is -0.186. The molecule has 98 valence electrons. The molecular weight excluding hydrogens is 268 g/mol. The van der Waals surface area contributed by atoms with E-state index in [1.165, 1.54) is 0 Å². The number of esters is 1. The zero-order valence-electron chi connectivity index (χ0n) is 9.96. The van der Waals surface area contributed by atoms with Gasteiger partial charge in [-0.05, 0) is 24.5 Å². The summed E-state index contributed by atoms with van der Waals surface area (Å²) in [7, 11) is 0. The van der Waals surface area contributed by atoms with Gasteiger partial charge in [0.05, 0.1) is 13.0 Å². The minimum Gasteiger partial charge on any atom is -0.436 e. The molecule has 1 aliphatic heterocycles. The summed E-state index contributed by atoms with van der Waals surface area (Å²) in [6, 6.07) is 5.54. The molecule has 1 unspecified atom stereocenters. The van der Waals surface area contributed by atoms with Crippen molar-refractivity contribution in [2.75, 3.05) is 6.61 Å². The second-order valence-corrected chi connectivity index (χ2v) is 5.18. The summed E-state index contributed by atoms with van der Waals surface area (Å²) in [5, 5.41) is 0. The van der Waals surface area contributed by atoms with Crippen LogP contribution in [0.15, 0.2) is 28.0 Å². The second kappa shape index (κ2) is 6.50. The largest absolute Gasteiger partial charge is 0.436 e. The van der Waals surface area contributed by atoms with Crippen LogP contribution < -0.4 is 0 Å². The van der Waals surface area contributed by atoms with Crippen LogP contribution in [0.2, 0.25) is 0 Å². The summed E-state index contributed by atoms with van der Waals surface area (Å²) in [6.45, 7) is 0.669. The van der Waals surface area contributed by atoms with Gasteiger partial charge in [-0.25, -0.2) is 0 Å². The van der Waals surface area contributed by atoms with E-state index in [2.05, 4.69) is 25.3 Å². The third-order valence-corrected chi connectivity index (χ3v) is 3.91. The molecule has 2 rings (SSSR count). The number of thiol groups is 2. The van der Waals surface area contributed by atoms with Crippen LogP contribution in [0, 0.1) is 0 Å². The molecule has 1 heterocycles. The molecule has 0 saturated carbocycles. The van der Waals surface area contributed by atoms with Gasteiger partial charge in [0.1, 0.15) is 0 Å². The van der Waals surface area contributed by atoms with E-state index >= 15 is 0 Å². The lowest BCUT2D eigenvalue weighted by Crippen LogP contribution is -2.26. The fourth-order valence-electron chi connectivity index (χ4n) is 1.87. The number of hydrogen-bond acceptors (Lipinski definition) is 5. The first-order valence-electron chi connectivity index (χ1n) is 5.97. The first kappa shape index (κ1) is 13.8. The molecule has 0 bridgehead atoms. The second-order valence-electron chi connectivity index (χ2n) is 4.25. The monoisotopic (exact) mass is 284 g/mol. The Morgan fingerprint density at radius 1 is 1.39 bits per heavy atom. The van der Waals surface area contributed by atoms with Crippen molar-refractivity contribution in [1.29, 1.82) is 0 Å². The Balaban J connectivity index is 1.92. The van der Waals surface area contributed by atoms with Crippen LogP contribution in [0.3, 0.4) is 0 Å². The number of carbonyl (C=O) groups is 1. The van der Waals surface area contributed by atoms with E-state index < -0.39 is 0 Å². The van der Waals surface area contributed by atoms with Crippen molar-refractivity contribution in [3.05, 3.63) is 23.8 Å². The van der Waals surface area contributed by atoms with Crippen molar-refractivity contribution in [2.45, 2.75) is 41.8 Å². The Morgan fingerprint density at radius 3 is 2.94 bits per heavy atom. The minimum absolute atomic E-state index is 0.201. The highest BCUT2D eigenvalue weighted by atomic mass is 32.1. The molecule has 5 heteroatoms. The van der Waals surface area contributed by atoms with E-state index in [1.54, 1.807) is 0 Å². The van der Waals surface area contributed by atoms with Crippen molar-refractivity contribution in [3.8, 4) is 0 Å². The highest BCUT2D eigenvalue weighted by Crippen LogP contribution is 2.23. The van der Waals surface area contributed by atoms with Crippen LogP contribution in [0.25, 0.3) is 0 Å². The molecule has 1 atom stereocenters. The van der Waals surface area contributed by atoms with Gasteiger partial charge in [0.25, 0.3) is 0 Å². The quantitative estimate of drug-likeness (QED) is 0.662. The topological polar surface area (TPSA) is 35.5 Å². The smallest absolute Gasteiger partial charge is 0.312 e. The van der Waals surface area contributed by atoms with Gasteiger partial charge in [-0.15, -0.1) is 25.3 Å². The summed E-state index contributed by atoms with van der Waals surface area (Å²) >= 11 is 8.60. The number of ether oxygens (including phenoxy) is 2. The molecule has 18 heavy (non-hydrogen) atoms. The SMILES string of the molecule is O=C(Cc1cccc(S)c1S)OC1CCCCO1. The fraction of sp³-hybridized carbons (Fsp3) is 0.462. The summed E-state index contributed by atoms with van der Waals surface area (Å²) in [5.41, 5.74) is 0.826. The highest BCUT2D eigenvalue weighted by Gasteiger charge is 2.19. The van der Waals surface area contributed by atoms with Crippen molar-refractivity contribution in [3.63, 3.8) is 0 Å². The molecular formula is C13H16O3S2. The summed E-state index contributed by atoms with van der Waals surface area (Å²) in [6.07, 6.45) is 2.69. The highest BCUT2D eigenvalue weighted by molar-refractivity contribution is 7.83. The molecule has 0 aromatic heterocycles. The van der Waals surface area contributed by atoms with Crippen molar-refractivity contribution >= 4 is 31.2 Å². The van der Waals surface area contributed by atoms with Crippen LogP contribution in [-0.4, -0.2) is 18.9 Å². The van der Waals surface area contributed by atoms with Crippen LogP contribution in [0.4, 0.5) is 0 Å². The summed E-state index contributed by atoms with van der Waals surface area (Å²) in [4.78, 5) is 13.3. The minimum atomic E-state index is -0.381. The Labute approximate surface area is 118 Å². The van der Waals surface area contributed by atoms with Crippen molar-refractivity contribution in [2.24, 2.45) is 0 Å². The van der Waals surface area contributed by atoms with E-state index in [-0.39, 0.29) is 18.7 Å². The molecule has 1 fully saturated rings. The molecule has 0 spiro atoms. The molecule has 1 aromatic carbocycles. The van der Waals surface area contributed by atoms with Gasteiger partial charge >= 0.3 is 5.97 Å². The van der Waals surface area contributed by atoms with Gasteiger partial charge in [0, 0.05) is 16.2 Å². The van der Waals surface area contributed by atoms with Crippen LogP contribution in [-0.2, 0) is 20.7 Å². The number of carbonyl (C=O) groups excluding carboxylic acids is 1. The molecule has 1 saturated heterocycles. The Bertz CT molecular complexity index is 428. The third kappa shape index (κ3) is 3.67. The number of benzene rings is 1. The first-order chi connectivity index (χ1) is 8.66. The van der Waals surface area contributed by atoms with Gasteiger partial charge in [-0.2, -0.15) is 0 Å². The van der Waals surface area contributed by atoms with Crippen molar-refractivity contribution in [1.82, 2.24) is 0 Å². The first-order valence-corrected chi connectivity index (χ1v) is 6.87. The predicted octanol–water partition coefficient (Wildman–Crippen LogP) is 2.88. The lowest BCUT2D eigenvalue weighted by Gasteiger charge is -2.22. The molecule has 0 N–H and O–H groups in total. The maximum Gasteiger partial charge on any atom is 0.312 e. The number of hydrogen-bond donors (Lipinski definition) is 2. The normalized spacial score (nSPS) is 19.6. The number of rotatable bonds is 3. The summed E-state index contributed by atoms with van der Waals surface area (Å²) < 4.78 is 10.6. The fourth-order valence-corrected chi connectivity index (χ4v) is 2.33. The van der Waals surface area contributed by atoms with Gasteiger partial charge in [0.2, 0.25) is 6.29 Å². The van der Waals surface area contributed by atoms with Crippen LogP contribution in [0.5, 0.6) is 0 Å².